The summed E-state index contributed by atoms with van der Waals surface area (Å²) in [5.41, 5.74) is 4.70. The van der Waals surface area contributed by atoms with Crippen LogP contribution in [0.5, 0.6) is 5.75 Å². The summed E-state index contributed by atoms with van der Waals surface area (Å²) in [5, 5.41) is 10.8. The fourth-order valence-corrected chi connectivity index (χ4v) is 3.76. The fourth-order valence-electron chi connectivity index (χ4n) is 3.03. The molecule has 27 heavy (non-hydrogen) atoms. The van der Waals surface area contributed by atoms with Gasteiger partial charge >= 0.3 is 0 Å². The average Bonchev–Trinajstić information content (AvgIpc) is 3.25. The molecule has 0 aliphatic heterocycles. The summed E-state index contributed by atoms with van der Waals surface area (Å²) < 4.78 is 7.89. The number of thioether (sulfide) groups is 1. The van der Waals surface area contributed by atoms with E-state index < -0.39 is 0 Å². The second-order valence-electron chi connectivity index (χ2n) is 6.56. The Balaban J connectivity index is 1.41. The fraction of sp³-hybridized carbons (Fsp3) is 0.238. The van der Waals surface area contributed by atoms with Crippen LogP contribution < -0.4 is 4.74 Å². The summed E-state index contributed by atoms with van der Waals surface area (Å²) in [7, 11) is 2.00. The Morgan fingerprint density at radius 2 is 1.93 bits per heavy atom. The molecule has 4 rings (SSSR count). The first kappa shape index (κ1) is 17.7. The van der Waals surface area contributed by atoms with Crippen LogP contribution in [0, 0.1) is 13.8 Å². The van der Waals surface area contributed by atoms with Crippen LogP contribution in [0.3, 0.4) is 0 Å². The van der Waals surface area contributed by atoms with Gasteiger partial charge in [-0.15, -0.1) is 10.2 Å². The molecule has 0 unspecified atom stereocenters. The molecular weight excluding hydrogens is 356 g/mol. The van der Waals surface area contributed by atoms with Gasteiger partial charge in [-0.05, 0) is 43.2 Å². The molecule has 0 aliphatic carbocycles. The number of hydrogen-bond donors (Lipinski definition) is 1. The first-order valence-corrected chi connectivity index (χ1v) is 9.91. The van der Waals surface area contributed by atoms with Gasteiger partial charge in [0, 0.05) is 35.5 Å². The Morgan fingerprint density at radius 3 is 2.78 bits per heavy atom. The monoisotopic (exact) mass is 378 g/mol. The Bertz CT molecular complexity index is 1080. The summed E-state index contributed by atoms with van der Waals surface area (Å²) in [4.78, 5) is 3.29. The molecule has 0 atom stereocenters. The molecule has 0 bridgehead atoms. The van der Waals surface area contributed by atoms with E-state index in [2.05, 4.69) is 53.3 Å². The lowest BCUT2D eigenvalue weighted by atomic mass is 10.1. The second kappa shape index (κ2) is 7.48. The van der Waals surface area contributed by atoms with Crippen LogP contribution in [0.4, 0.5) is 0 Å². The lowest BCUT2D eigenvalue weighted by Crippen LogP contribution is -2.02. The van der Waals surface area contributed by atoms with Crippen LogP contribution in [0.2, 0.25) is 0 Å². The molecule has 2 heterocycles. The van der Waals surface area contributed by atoms with E-state index in [1.807, 2.05) is 36.0 Å². The van der Waals surface area contributed by atoms with Gasteiger partial charge in [0.2, 0.25) is 0 Å². The minimum atomic E-state index is 0.627. The van der Waals surface area contributed by atoms with E-state index in [1.165, 1.54) is 11.1 Å². The highest BCUT2D eigenvalue weighted by molar-refractivity contribution is 7.99. The van der Waals surface area contributed by atoms with Gasteiger partial charge < -0.3 is 14.3 Å². The van der Waals surface area contributed by atoms with Crippen LogP contribution in [0.1, 0.15) is 11.1 Å². The van der Waals surface area contributed by atoms with Crippen molar-refractivity contribution in [1.29, 1.82) is 0 Å². The molecule has 0 amide bonds. The minimum Gasteiger partial charge on any atom is -0.493 e. The largest absolute Gasteiger partial charge is 0.493 e. The van der Waals surface area contributed by atoms with E-state index in [0.717, 1.165) is 38.9 Å². The lowest BCUT2D eigenvalue weighted by Gasteiger charge is -2.08. The predicted octanol–water partition coefficient (Wildman–Crippen LogP) is 4.75. The van der Waals surface area contributed by atoms with Crippen LogP contribution >= 0.6 is 11.8 Å². The molecule has 2 aromatic carbocycles. The number of ether oxygens (including phenoxy) is 1. The van der Waals surface area contributed by atoms with Crippen molar-refractivity contribution in [3.63, 3.8) is 0 Å². The Morgan fingerprint density at radius 1 is 1.07 bits per heavy atom. The second-order valence-corrected chi connectivity index (χ2v) is 7.62. The van der Waals surface area contributed by atoms with Gasteiger partial charge in [0.05, 0.1) is 6.61 Å². The third-order valence-electron chi connectivity index (χ3n) is 4.73. The maximum Gasteiger partial charge on any atom is 0.191 e. The van der Waals surface area contributed by atoms with Gasteiger partial charge in [-0.25, -0.2) is 0 Å². The Labute approximate surface area is 162 Å². The van der Waals surface area contributed by atoms with E-state index in [1.54, 1.807) is 11.8 Å². The molecule has 0 spiro atoms. The third kappa shape index (κ3) is 3.57. The van der Waals surface area contributed by atoms with Gasteiger partial charge in [-0.1, -0.05) is 36.0 Å². The van der Waals surface area contributed by atoms with Crippen molar-refractivity contribution in [3.05, 3.63) is 59.8 Å². The van der Waals surface area contributed by atoms with Gasteiger partial charge in [-0.3, -0.25) is 0 Å². The molecule has 4 aromatic rings. The summed E-state index contributed by atoms with van der Waals surface area (Å²) in [6.45, 7) is 4.83. The number of rotatable bonds is 6. The number of aryl methyl sites for hydroxylation is 2. The Hall–Kier alpha value is -2.73. The molecule has 0 aliphatic rings. The zero-order valence-electron chi connectivity index (χ0n) is 15.7. The number of nitrogens with one attached hydrogen (secondary N) is 1. The van der Waals surface area contributed by atoms with E-state index >= 15 is 0 Å². The molecule has 6 heteroatoms. The highest BCUT2D eigenvalue weighted by atomic mass is 32.2. The summed E-state index contributed by atoms with van der Waals surface area (Å²) in [6.07, 6.45) is 1.99. The van der Waals surface area contributed by atoms with Crippen LogP contribution in [-0.2, 0) is 7.05 Å². The maximum atomic E-state index is 5.86. The highest BCUT2D eigenvalue weighted by Gasteiger charge is 2.14. The number of nitrogens with zero attached hydrogens (tertiary/aromatic N) is 3. The van der Waals surface area contributed by atoms with E-state index in [4.69, 9.17) is 4.74 Å². The van der Waals surface area contributed by atoms with Crippen molar-refractivity contribution in [2.75, 3.05) is 12.4 Å². The molecule has 5 nitrogen and oxygen atoms in total. The van der Waals surface area contributed by atoms with E-state index in [9.17, 15) is 0 Å². The van der Waals surface area contributed by atoms with E-state index in [-0.39, 0.29) is 0 Å². The first-order valence-electron chi connectivity index (χ1n) is 8.92. The van der Waals surface area contributed by atoms with E-state index in [0.29, 0.717) is 6.61 Å². The molecule has 0 saturated heterocycles. The quantitative estimate of drug-likeness (QED) is 0.388. The van der Waals surface area contributed by atoms with Crippen molar-refractivity contribution in [2.45, 2.75) is 19.0 Å². The van der Waals surface area contributed by atoms with Crippen molar-refractivity contribution < 1.29 is 4.74 Å². The zero-order chi connectivity index (χ0) is 18.8. The number of benzene rings is 2. The molecular formula is C21H22N4OS. The van der Waals surface area contributed by atoms with Gasteiger partial charge in [-0.2, -0.15) is 0 Å². The van der Waals surface area contributed by atoms with Crippen LogP contribution in [0.25, 0.3) is 22.3 Å². The first-order chi connectivity index (χ1) is 13.1. The highest BCUT2D eigenvalue weighted by Crippen LogP contribution is 2.29. The summed E-state index contributed by atoms with van der Waals surface area (Å²) in [5.74, 6) is 2.59. The maximum absolute atomic E-state index is 5.86. The normalized spacial score (nSPS) is 11.2. The number of aromatic nitrogens is 4. The van der Waals surface area contributed by atoms with Crippen LogP contribution in [0.15, 0.2) is 53.8 Å². The minimum absolute atomic E-state index is 0.627. The van der Waals surface area contributed by atoms with Gasteiger partial charge in [0.1, 0.15) is 5.75 Å². The van der Waals surface area contributed by atoms with Crippen molar-refractivity contribution in [3.8, 4) is 17.1 Å². The Kier molecular flexibility index (Phi) is 4.90. The average molecular weight is 379 g/mol. The topological polar surface area (TPSA) is 55.7 Å². The van der Waals surface area contributed by atoms with Crippen molar-refractivity contribution in [1.82, 2.24) is 19.7 Å². The van der Waals surface area contributed by atoms with Crippen molar-refractivity contribution >= 4 is 22.7 Å². The standard InChI is InChI=1S/C21H22N4OS/c1-14-8-9-16(12-15(14)2)26-10-11-27-21-24-23-20(25(21)3)18-13-22-19-7-5-4-6-17(18)19/h4-9,12-13,22H,10-11H2,1-3H3. The molecule has 0 saturated carbocycles. The van der Waals surface area contributed by atoms with Gasteiger partial charge in [0.25, 0.3) is 0 Å². The zero-order valence-corrected chi connectivity index (χ0v) is 16.5. The SMILES string of the molecule is Cc1ccc(OCCSc2nnc(-c3c[nH]c4ccccc34)n2C)cc1C. The molecule has 2 aromatic heterocycles. The smallest absolute Gasteiger partial charge is 0.191 e. The molecule has 0 fully saturated rings. The van der Waals surface area contributed by atoms with Crippen LogP contribution in [-0.4, -0.2) is 32.1 Å². The summed E-state index contributed by atoms with van der Waals surface area (Å²) >= 11 is 1.65. The van der Waals surface area contributed by atoms with Crippen molar-refractivity contribution in [2.24, 2.45) is 7.05 Å². The molecule has 0 radical (unpaired) electrons. The molecule has 138 valence electrons. The number of aromatic amines is 1. The predicted molar refractivity (Wildman–Crippen MR) is 110 cm³/mol. The van der Waals surface area contributed by atoms with Gasteiger partial charge in [0.15, 0.2) is 11.0 Å². The number of H-pyrrole nitrogens is 1. The third-order valence-corrected chi connectivity index (χ3v) is 5.71. The number of para-hydroxylation sites is 1. The molecule has 1 N–H and O–H groups in total. The number of hydrogen-bond acceptors (Lipinski definition) is 4. The summed E-state index contributed by atoms with van der Waals surface area (Å²) in [6, 6.07) is 14.4. The lowest BCUT2D eigenvalue weighted by molar-refractivity contribution is 0.343. The number of fused-ring (bicyclic) bond motifs is 1.